The van der Waals surface area contributed by atoms with E-state index in [1.54, 1.807) is 12.1 Å². The number of Topliss-reactive ketones (excluding diaryl/α,β-unsaturated/α-hetero) is 1. The van der Waals surface area contributed by atoms with E-state index >= 15 is 0 Å². The summed E-state index contributed by atoms with van der Waals surface area (Å²) in [6.07, 6.45) is 0. The molecule has 0 aliphatic rings. The van der Waals surface area contributed by atoms with Gasteiger partial charge in [-0.2, -0.15) is 0 Å². The highest BCUT2D eigenvalue weighted by Crippen LogP contribution is 2.22. The summed E-state index contributed by atoms with van der Waals surface area (Å²) in [6, 6.07) is 15.3. The molecule has 0 aliphatic carbocycles. The summed E-state index contributed by atoms with van der Waals surface area (Å²) in [6.45, 7) is -0.584. The molecule has 0 atom stereocenters. The van der Waals surface area contributed by atoms with E-state index in [1.807, 2.05) is 30.3 Å². The van der Waals surface area contributed by atoms with Gasteiger partial charge in [-0.05, 0) is 18.2 Å². The van der Waals surface area contributed by atoms with Crippen LogP contribution in [0.3, 0.4) is 0 Å². The van der Waals surface area contributed by atoms with Crippen LogP contribution < -0.4 is 5.43 Å². The fourth-order valence-corrected chi connectivity index (χ4v) is 2.17. The van der Waals surface area contributed by atoms with Crippen molar-refractivity contribution in [3.05, 3.63) is 70.4 Å². The Kier molecular flexibility index (Phi) is 3.38. The molecule has 0 unspecified atom stereocenters. The van der Waals surface area contributed by atoms with Gasteiger partial charge >= 0.3 is 0 Å². The minimum absolute atomic E-state index is 0.220. The number of ketones is 1. The number of carbonyl (C=O) groups excluding carboxylic acids is 1. The summed E-state index contributed by atoms with van der Waals surface area (Å²) in [4.78, 5) is 23.7. The number of carbonyl (C=O) groups is 1. The second kappa shape index (κ2) is 5.34. The minimum atomic E-state index is -0.584. The van der Waals surface area contributed by atoms with Gasteiger partial charge in [-0.25, -0.2) is 0 Å². The lowest BCUT2D eigenvalue weighted by molar-refractivity contribution is 0.0904. The van der Waals surface area contributed by atoms with Crippen molar-refractivity contribution in [2.24, 2.45) is 0 Å². The molecule has 0 radical (unpaired) electrons. The van der Waals surface area contributed by atoms with Crippen LogP contribution >= 0.6 is 0 Å². The van der Waals surface area contributed by atoms with Crippen LogP contribution in [0.2, 0.25) is 0 Å². The average molecular weight is 280 g/mol. The third kappa shape index (κ3) is 2.49. The second-order valence-electron chi connectivity index (χ2n) is 4.63. The van der Waals surface area contributed by atoms with E-state index in [9.17, 15) is 9.59 Å². The van der Waals surface area contributed by atoms with Crippen molar-refractivity contribution in [1.82, 2.24) is 0 Å². The van der Waals surface area contributed by atoms with Crippen molar-refractivity contribution in [2.75, 3.05) is 6.61 Å². The molecule has 4 heteroatoms. The monoisotopic (exact) mass is 280 g/mol. The minimum Gasteiger partial charge on any atom is -0.456 e. The van der Waals surface area contributed by atoms with Gasteiger partial charge in [0.1, 0.15) is 18.0 Å². The van der Waals surface area contributed by atoms with E-state index in [0.29, 0.717) is 22.3 Å². The van der Waals surface area contributed by atoms with Gasteiger partial charge in [0.2, 0.25) is 0 Å². The molecule has 0 saturated carbocycles. The molecule has 1 aromatic heterocycles. The number of aliphatic hydroxyl groups is 1. The van der Waals surface area contributed by atoms with Crippen LogP contribution in [0.5, 0.6) is 0 Å². The SMILES string of the molecule is O=C(CO)c1ccc2oc(-c3ccccc3)cc(=O)c2c1. The lowest BCUT2D eigenvalue weighted by Crippen LogP contribution is -2.06. The number of rotatable bonds is 3. The van der Waals surface area contributed by atoms with Crippen molar-refractivity contribution in [3.63, 3.8) is 0 Å². The number of fused-ring (bicyclic) bond motifs is 1. The normalized spacial score (nSPS) is 10.7. The van der Waals surface area contributed by atoms with Crippen LogP contribution in [0, 0.1) is 0 Å². The predicted molar refractivity (Wildman–Crippen MR) is 79.3 cm³/mol. The van der Waals surface area contributed by atoms with Gasteiger partial charge in [0.15, 0.2) is 11.2 Å². The zero-order valence-electron chi connectivity index (χ0n) is 11.1. The molecule has 4 nitrogen and oxygen atoms in total. The number of hydrogen-bond acceptors (Lipinski definition) is 4. The van der Waals surface area contributed by atoms with Crippen LogP contribution in [0.15, 0.2) is 63.8 Å². The van der Waals surface area contributed by atoms with E-state index in [0.717, 1.165) is 5.56 Å². The Hall–Kier alpha value is -2.72. The summed E-state index contributed by atoms with van der Waals surface area (Å²) < 4.78 is 5.72. The number of aliphatic hydroxyl groups excluding tert-OH is 1. The Bertz CT molecular complexity index is 863. The molecule has 0 amide bonds. The summed E-state index contributed by atoms with van der Waals surface area (Å²) >= 11 is 0. The maximum Gasteiger partial charge on any atom is 0.193 e. The van der Waals surface area contributed by atoms with E-state index in [2.05, 4.69) is 0 Å². The Labute approximate surface area is 120 Å². The molecule has 0 bridgehead atoms. The second-order valence-corrected chi connectivity index (χ2v) is 4.63. The zero-order valence-corrected chi connectivity index (χ0v) is 11.1. The Morgan fingerprint density at radius 1 is 1.05 bits per heavy atom. The van der Waals surface area contributed by atoms with Crippen LogP contribution in [-0.4, -0.2) is 17.5 Å². The molecule has 0 saturated heterocycles. The van der Waals surface area contributed by atoms with E-state index < -0.39 is 12.4 Å². The highest BCUT2D eigenvalue weighted by molar-refractivity contribution is 5.99. The highest BCUT2D eigenvalue weighted by atomic mass is 16.3. The van der Waals surface area contributed by atoms with Crippen LogP contribution in [-0.2, 0) is 0 Å². The molecule has 3 aromatic rings. The molecule has 1 N–H and O–H groups in total. The maximum absolute atomic E-state index is 12.2. The fourth-order valence-electron chi connectivity index (χ4n) is 2.17. The van der Waals surface area contributed by atoms with Crippen molar-refractivity contribution >= 4 is 16.8 Å². The molecular formula is C17H12O4. The summed E-state index contributed by atoms with van der Waals surface area (Å²) in [5.74, 6) is 0.0535. The molecule has 0 fully saturated rings. The topological polar surface area (TPSA) is 67.5 Å². The third-order valence-electron chi connectivity index (χ3n) is 3.25. The molecular weight excluding hydrogens is 268 g/mol. The molecule has 0 aliphatic heterocycles. The third-order valence-corrected chi connectivity index (χ3v) is 3.25. The van der Waals surface area contributed by atoms with Gasteiger partial charge in [0, 0.05) is 17.2 Å². The lowest BCUT2D eigenvalue weighted by atomic mass is 10.1. The molecule has 21 heavy (non-hydrogen) atoms. The van der Waals surface area contributed by atoms with Crippen molar-refractivity contribution in [2.45, 2.75) is 0 Å². The average Bonchev–Trinajstić information content (AvgIpc) is 2.54. The summed E-state index contributed by atoms with van der Waals surface area (Å²) in [7, 11) is 0. The Balaban J connectivity index is 2.18. The van der Waals surface area contributed by atoms with Gasteiger partial charge in [0.25, 0.3) is 0 Å². The molecule has 1 heterocycles. The van der Waals surface area contributed by atoms with E-state index in [4.69, 9.17) is 9.52 Å². The van der Waals surface area contributed by atoms with Gasteiger partial charge in [-0.1, -0.05) is 30.3 Å². The Morgan fingerprint density at radius 3 is 2.52 bits per heavy atom. The van der Waals surface area contributed by atoms with Gasteiger partial charge in [-0.3, -0.25) is 9.59 Å². The largest absolute Gasteiger partial charge is 0.456 e. The first-order valence-electron chi connectivity index (χ1n) is 6.46. The first-order chi connectivity index (χ1) is 10.2. The quantitative estimate of drug-likeness (QED) is 0.749. The number of benzene rings is 2. The van der Waals surface area contributed by atoms with Gasteiger partial charge in [-0.15, -0.1) is 0 Å². The smallest absolute Gasteiger partial charge is 0.193 e. The van der Waals surface area contributed by atoms with Crippen LogP contribution in [0.4, 0.5) is 0 Å². The van der Waals surface area contributed by atoms with Crippen LogP contribution in [0.25, 0.3) is 22.3 Å². The lowest BCUT2D eigenvalue weighted by Gasteiger charge is -2.04. The first-order valence-corrected chi connectivity index (χ1v) is 6.46. The van der Waals surface area contributed by atoms with E-state index in [1.165, 1.54) is 12.1 Å². The Morgan fingerprint density at radius 2 is 1.81 bits per heavy atom. The van der Waals surface area contributed by atoms with Crippen LogP contribution in [0.1, 0.15) is 10.4 Å². The van der Waals surface area contributed by atoms with Crippen molar-refractivity contribution < 1.29 is 14.3 Å². The summed E-state index contributed by atoms with van der Waals surface area (Å²) in [5, 5.41) is 9.20. The molecule has 0 spiro atoms. The maximum atomic E-state index is 12.2. The predicted octanol–water partition coefficient (Wildman–Crippen LogP) is 2.64. The fraction of sp³-hybridized carbons (Fsp3) is 0.0588. The standard InChI is InChI=1S/C17H12O4/c18-10-15(20)12-6-7-16-13(8-12)14(19)9-17(21-16)11-4-2-1-3-5-11/h1-9,18H,10H2. The molecule has 104 valence electrons. The summed E-state index contributed by atoms with van der Waals surface area (Å²) in [5.41, 5.74) is 1.30. The van der Waals surface area contributed by atoms with Crippen molar-refractivity contribution in [3.8, 4) is 11.3 Å². The first kappa shape index (κ1) is 13.3. The number of hydrogen-bond donors (Lipinski definition) is 1. The van der Waals surface area contributed by atoms with Crippen molar-refractivity contribution in [1.29, 1.82) is 0 Å². The zero-order chi connectivity index (χ0) is 14.8. The van der Waals surface area contributed by atoms with Gasteiger partial charge in [0.05, 0.1) is 5.39 Å². The highest BCUT2D eigenvalue weighted by Gasteiger charge is 2.10. The van der Waals surface area contributed by atoms with E-state index in [-0.39, 0.29) is 5.43 Å². The van der Waals surface area contributed by atoms with Gasteiger partial charge < -0.3 is 9.52 Å². The molecule has 3 rings (SSSR count). The molecule has 2 aromatic carbocycles.